The van der Waals surface area contributed by atoms with Crippen molar-refractivity contribution < 1.29 is 5.11 Å². The fourth-order valence-corrected chi connectivity index (χ4v) is 3.44. The van der Waals surface area contributed by atoms with Crippen molar-refractivity contribution in [3.8, 4) is 5.75 Å². The molecule has 2 aliphatic rings. The first-order valence-electron chi connectivity index (χ1n) is 6.47. The highest BCUT2D eigenvalue weighted by molar-refractivity contribution is 5.56. The van der Waals surface area contributed by atoms with Gasteiger partial charge in [-0.1, -0.05) is 30.3 Å². The highest BCUT2D eigenvalue weighted by Crippen LogP contribution is 2.42. The molecule has 90 valence electrons. The fraction of sp³-hybridized carbons (Fsp3) is 0.250. The molecule has 1 aliphatic heterocycles. The van der Waals surface area contributed by atoms with E-state index in [1.54, 1.807) is 6.07 Å². The number of phenolic OH excluding ortho intramolecular Hbond substituents is 1. The molecule has 1 heterocycles. The number of benzene rings is 2. The predicted molar refractivity (Wildman–Crippen MR) is 70.9 cm³/mol. The molecule has 0 aromatic heterocycles. The van der Waals surface area contributed by atoms with Crippen LogP contribution in [0.2, 0.25) is 0 Å². The maximum atomic E-state index is 10.1. The topological polar surface area (TPSA) is 32.3 Å². The second kappa shape index (κ2) is 3.59. The van der Waals surface area contributed by atoms with Crippen molar-refractivity contribution in [3.05, 3.63) is 64.2 Å². The van der Waals surface area contributed by atoms with Gasteiger partial charge < -0.3 is 10.4 Å². The molecular weight excluding hydrogens is 222 g/mol. The molecule has 2 heteroatoms. The summed E-state index contributed by atoms with van der Waals surface area (Å²) in [5, 5.41) is 13.5. The van der Waals surface area contributed by atoms with E-state index >= 15 is 0 Å². The van der Waals surface area contributed by atoms with Crippen LogP contribution in [0.4, 0.5) is 0 Å². The van der Waals surface area contributed by atoms with Gasteiger partial charge in [-0.05, 0) is 28.3 Å². The smallest absolute Gasteiger partial charge is 0.119 e. The monoisotopic (exact) mass is 237 g/mol. The first-order chi connectivity index (χ1) is 8.84. The summed E-state index contributed by atoms with van der Waals surface area (Å²) in [5.41, 5.74) is 6.69. The Hall–Kier alpha value is -1.80. The number of aromatic hydroxyl groups is 1. The summed E-state index contributed by atoms with van der Waals surface area (Å²) in [6.07, 6.45) is 0.863. The number of rotatable bonds is 0. The average molecular weight is 237 g/mol. The Labute approximate surface area is 106 Å². The summed E-state index contributed by atoms with van der Waals surface area (Å²) in [6.45, 7) is 1.94. The van der Waals surface area contributed by atoms with Crippen LogP contribution in [-0.2, 0) is 13.0 Å². The van der Waals surface area contributed by atoms with E-state index in [2.05, 4.69) is 29.6 Å². The third-order valence-electron chi connectivity index (χ3n) is 4.23. The first-order valence-corrected chi connectivity index (χ1v) is 6.47. The van der Waals surface area contributed by atoms with Crippen LogP contribution in [0.25, 0.3) is 0 Å². The van der Waals surface area contributed by atoms with E-state index in [9.17, 15) is 5.11 Å². The zero-order valence-corrected chi connectivity index (χ0v) is 10.1. The Morgan fingerprint density at radius 2 is 1.89 bits per heavy atom. The third kappa shape index (κ3) is 1.27. The Bertz CT molecular complexity index is 633. The van der Waals surface area contributed by atoms with Crippen LogP contribution in [0.15, 0.2) is 36.4 Å². The molecule has 2 nitrogen and oxygen atoms in total. The van der Waals surface area contributed by atoms with Crippen LogP contribution in [0.5, 0.6) is 5.75 Å². The van der Waals surface area contributed by atoms with Gasteiger partial charge in [-0.3, -0.25) is 0 Å². The van der Waals surface area contributed by atoms with Gasteiger partial charge in [0.15, 0.2) is 0 Å². The second-order valence-corrected chi connectivity index (χ2v) is 5.20. The lowest BCUT2D eigenvalue weighted by Gasteiger charge is -2.34. The number of hydrogen-bond donors (Lipinski definition) is 2. The SMILES string of the molecule is Oc1cccc2c1Cc1cccc3c1C2CNC3. The molecule has 1 unspecified atom stereocenters. The number of nitrogens with one attached hydrogen (secondary N) is 1. The second-order valence-electron chi connectivity index (χ2n) is 5.20. The lowest BCUT2D eigenvalue weighted by molar-refractivity contribution is 0.464. The highest BCUT2D eigenvalue weighted by Gasteiger charge is 2.30. The van der Waals surface area contributed by atoms with Crippen molar-refractivity contribution in [1.29, 1.82) is 0 Å². The minimum absolute atomic E-state index is 0.404. The van der Waals surface area contributed by atoms with E-state index in [-0.39, 0.29) is 0 Å². The third-order valence-corrected chi connectivity index (χ3v) is 4.23. The summed E-state index contributed by atoms with van der Waals surface area (Å²) in [6, 6.07) is 12.5. The standard InChI is InChI=1S/C16H15NO/c18-15-6-2-5-12-13(15)7-10-3-1-4-11-8-17-9-14(12)16(10)11/h1-6,14,17-18H,7-9H2. The summed E-state index contributed by atoms with van der Waals surface area (Å²) in [4.78, 5) is 0. The van der Waals surface area contributed by atoms with E-state index in [0.717, 1.165) is 25.1 Å². The van der Waals surface area contributed by atoms with Gasteiger partial charge in [0.2, 0.25) is 0 Å². The van der Waals surface area contributed by atoms with Gasteiger partial charge in [-0.25, -0.2) is 0 Å². The lowest BCUT2D eigenvalue weighted by Crippen LogP contribution is -2.32. The minimum Gasteiger partial charge on any atom is -0.508 e. The molecule has 0 amide bonds. The molecule has 18 heavy (non-hydrogen) atoms. The molecule has 0 saturated heterocycles. The number of hydrogen-bond acceptors (Lipinski definition) is 2. The molecule has 2 aromatic carbocycles. The van der Waals surface area contributed by atoms with Gasteiger partial charge in [0.1, 0.15) is 5.75 Å². The normalized spacial score (nSPS) is 20.1. The fourth-order valence-electron chi connectivity index (χ4n) is 3.44. The van der Waals surface area contributed by atoms with E-state index in [0.29, 0.717) is 11.7 Å². The average Bonchev–Trinajstić information content (AvgIpc) is 2.41. The quantitative estimate of drug-likeness (QED) is 0.738. The number of fused-ring (bicyclic) bond motifs is 2. The van der Waals surface area contributed by atoms with Crippen LogP contribution in [0.3, 0.4) is 0 Å². The zero-order chi connectivity index (χ0) is 12.1. The number of phenols is 1. The zero-order valence-electron chi connectivity index (χ0n) is 10.1. The van der Waals surface area contributed by atoms with Gasteiger partial charge in [-0.2, -0.15) is 0 Å². The molecule has 1 atom stereocenters. The van der Waals surface area contributed by atoms with Crippen molar-refractivity contribution >= 4 is 0 Å². The maximum Gasteiger partial charge on any atom is 0.119 e. The molecular formula is C16H15NO. The molecule has 0 spiro atoms. The van der Waals surface area contributed by atoms with Gasteiger partial charge in [-0.15, -0.1) is 0 Å². The van der Waals surface area contributed by atoms with Crippen LogP contribution in [0.1, 0.15) is 33.7 Å². The lowest BCUT2D eigenvalue weighted by atomic mass is 9.74. The molecule has 0 radical (unpaired) electrons. The van der Waals surface area contributed by atoms with Gasteiger partial charge in [0.25, 0.3) is 0 Å². The molecule has 0 fully saturated rings. The molecule has 4 rings (SSSR count). The molecule has 2 aromatic rings. The van der Waals surface area contributed by atoms with E-state index in [1.165, 1.54) is 22.3 Å². The van der Waals surface area contributed by atoms with Crippen molar-refractivity contribution in [3.63, 3.8) is 0 Å². The molecule has 1 aliphatic carbocycles. The Morgan fingerprint density at radius 1 is 1.06 bits per heavy atom. The van der Waals surface area contributed by atoms with E-state index in [1.807, 2.05) is 6.07 Å². The van der Waals surface area contributed by atoms with Crippen molar-refractivity contribution in [2.75, 3.05) is 6.54 Å². The maximum absolute atomic E-state index is 10.1. The molecule has 2 N–H and O–H groups in total. The van der Waals surface area contributed by atoms with Crippen LogP contribution in [0, 0.1) is 0 Å². The van der Waals surface area contributed by atoms with Gasteiger partial charge >= 0.3 is 0 Å². The summed E-state index contributed by atoms with van der Waals surface area (Å²) in [5.74, 6) is 0.843. The van der Waals surface area contributed by atoms with Crippen LogP contribution < -0.4 is 5.32 Å². The minimum atomic E-state index is 0.404. The molecule has 0 saturated carbocycles. The largest absolute Gasteiger partial charge is 0.508 e. The van der Waals surface area contributed by atoms with Crippen molar-refractivity contribution in [2.45, 2.75) is 18.9 Å². The highest BCUT2D eigenvalue weighted by atomic mass is 16.3. The van der Waals surface area contributed by atoms with E-state index in [4.69, 9.17) is 0 Å². The Kier molecular flexibility index (Phi) is 2.03. The van der Waals surface area contributed by atoms with Crippen molar-refractivity contribution in [1.82, 2.24) is 5.32 Å². The van der Waals surface area contributed by atoms with Crippen LogP contribution in [-0.4, -0.2) is 11.7 Å². The summed E-state index contributed by atoms with van der Waals surface area (Å²) < 4.78 is 0. The predicted octanol–water partition coefficient (Wildman–Crippen LogP) is 2.53. The Balaban J connectivity index is 2.00. The van der Waals surface area contributed by atoms with Gasteiger partial charge in [0, 0.05) is 31.0 Å². The summed E-state index contributed by atoms with van der Waals surface area (Å²) >= 11 is 0. The van der Waals surface area contributed by atoms with Crippen LogP contribution >= 0.6 is 0 Å². The van der Waals surface area contributed by atoms with Crippen molar-refractivity contribution in [2.24, 2.45) is 0 Å². The summed E-state index contributed by atoms with van der Waals surface area (Å²) in [7, 11) is 0. The Morgan fingerprint density at radius 3 is 2.83 bits per heavy atom. The first kappa shape index (κ1) is 10.2. The van der Waals surface area contributed by atoms with E-state index < -0.39 is 0 Å². The van der Waals surface area contributed by atoms with Gasteiger partial charge in [0.05, 0.1) is 0 Å². The molecule has 0 bridgehead atoms.